The van der Waals surface area contributed by atoms with E-state index in [0.29, 0.717) is 162 Å². The Kier molecular flexibility index (Phi) is 16.4. The van der Waals surface area contributed by atoms with E-state index < -0.39 is 54.0 Å². The zero-order valence-electron chi connectivity index (χ0n) is 49.6. The molecule has 4 aromatic rings. The first-order valence-corrected chi connectivity index (χ1v) is 33.3. The van der Waals surface area contributed by atoms with Crippen molar-refractivity contribution < 1.29 is 49.5 Å². The van der Waals surface area contributed by atoms with Gasteiger partial charge in [0.05, 0.1) is 74.1 Å². The van der Waals surface area contributed by atoms with Crippen molar-refractivity contribution in [2.24, 2.45) is 22.3 Å². The number of nitrogens with two attached hydrogens (primary N) is 2. The number of primary amides is 2. The van der Waals surface area contributed by atoms with Gasteiger partial charge in [-0.25, -0.2) is 35.2 Å². The highest BCUT2D eigenvalue weighted by Gasteiger charge is 2.47. The van der Waals surface area contributed by atoms with Gasteiger partial charge in [-0.2, -0.15) is 0 Å². The number of halogens is 2. The summed E-state index contributed by atoms with van der Waals surface area (Å²) < 4.78 is 98.1. The van der Waals surface area contributed by atoms with Gasteiger partial charge >= 0.3 is 12.1 Å². The van der Waals surface area contributed by atoms with Crippen LogP contribution < -0.4 is 38.1 Å². The van der Waals surface area contributed by atoms with Crippen molar-refractivity contribution in [3.05, 3.63) is 80.9 Å². The van der Waals surface area contributed by atoms with E-state index in [2.05, 4.69) is 31.5 Å². The molecule has 2 aromatic carbocycles. The lowest BCUT2D eigenvalue weighted by molar-refractivity contribution is 0.0988. The molecule has 3 aliphatic carbocycles. The zero-order valence-corrected chi connectivity index (χ0v) is 51.2. The number of nitrogens with zero attached hydrogens (tertiary/aromatic N) is 5. The number of piperazine rings is 1. The maximum atomic E-state index is 16.6. The number of anilines is 2. The molecule has 3 fully saturated rings. The van der Waals surface area contributed by atoms with Crippen LogP contribution in [-0.2, 0) is 56.9 Å². The fraction of sp³-hybridized carbons (Fsp3) is 0.600. The van der Waals surface area contributed by atoms with Crippen molar-refractivity contribution in [3.8, 4) is 11.4 Å². The van der Waals surface area contributed by atoms with Gasteiger partial charge in [-0.05, 0) is 132 Å². The number of carbonyl (C=O) groups is 4. The highest BCUT2D eigenvalue weighted by atomic mass is 32.2. The fourth-order valence-corrected chi connectivity index (χ4v) is 19.5. The molecule has 21 nitrogen and oxygen atoms in total. The Labute approximate surface area is 496 Å². The van der Waals surface area contributed by atoms with Crippen LogP contribution in [0.2, 0.25) is 0 Å². The Morgan fingerprint density at radius 2 is 1.14 bits per heavy atom. The Morgan fingerprint density at radius 3 is 1.67 bits per heavy atom. The predicted molar refractivity (Wildman–Crippen MR) is 318 cm³/mol. The average molecular weight is 1220 g/mol. The monoisotopic (exact) mass is 1220 g/mol. The molecule has 2 saturated carbocycles. The predicted octanol–water partition coefficient (Wildman–Crippen LogP) is 5.85. The van der Waals surface area contributed by atoms with Gasteiger partial charge in [0.2, 0.25) is 0 Å². The Balaban J connectivity index is 0.743. The van der Waals surface area contributed by atoms with Crippen LogP contribution in [0.1, 0.15) is 146 Å². The molecule has 0 bridgehead atoms. The molecule has 25 heteroatoms. The quantitative estimate of drug-likeness (QED) is 0.0737. The van der Waals surface area contributed by atoms with Crippen LogP contribution in [0.5, 0.6) is 0 Å². The number of ether oxygens (including phenoxy) is 1. The molecular weight excluding hydrogens is 1130 g/mol. The van der Waals surface area contributed by atoms with Crippen molar-refractivity contribution in [1.82, 2.24) is 39.8 Å². The maximum Gasteiger partial charge on any atom is 0.317 e. The number of rotatable bonds is 15. The van der Waals surface area contributed by atoms with Crippen molar-refractivity contribution in [2.45, 2.75) is 158 Å². The topological polar surface area (TPSA) is 278 Å². The van der Waals surface area contributed by atoms with E-state index >= 15 is 8.78 Å². The summed E-state index contributed by atoms with van der Waals surface area (Å²) >= 11 is 0. The highest BCUT2D eigenvalue weighted by molar-refractivity contribution is 7.92. The first-order chi connectivity index (χ1) is 40.2. The van der Waals surface area contributed by atoms with Gasteiger partial charge in [0.25, 0.3) is 11.8 Å². The van der Waals surface area contributed by atoms with Gasteiger partial charge in [0, 0.05) is 98.5 Å². The molecule has 1 atom stereocenters. The number of sulfone groups is 2. The normalized spacial score (nSPS) is 24.6. The molecule has 462 valence electrons. The maximum absolute atomic E-state index is 16.6. The Morgan fingerprint density at radius 1 is 0.647 bits per heavy atom. The summed E-state index contributed by atoms with van der Waals surface area (Å²) in [6, 6.07) is 4.99. The molecule has 6 amide bonds. The van der Waals surface area contributed by atoms with Crippen LogP contribution in [0.3, 0.4) is 0 Å². The third-order valence-corrected chi connectivity index (χ3v) is 23.0. The van der Waals surface area contributed by atoms with Crippen LogP contribution in [0.15, 0.2) is 34.1 Å². The van der Waals surface area contributed by atoms with Gasteiger partial charge in [-0.3, -0.25) is 14.5 Å². The largest absolute Gasteiger partial charge is 0.382 e. The van der Waals surface area contributed by atoms with Gasteiger partial charge < -0.3 is 61.7 Å². The molecule has 7 aliphatic rings. The Bertz CT molecular complexity index is 3560. The van der Waals surface area contributed by atoms with Crippen LogP contribution in [0, 0.1) is 22.5 Å². The summed E-state index contributed by atoms with van der Waals surface area (Å²) in [6.07, 6.45) is 7.13. The fourth-order valence-electron chi connectivity index (χ4n) is 14.8. The van der Waals surface area contributed by atoms with Crippen molar-refractivity contribution in [2.75, 3.05) is 82.0 Å². The molecule has 85 heavy (non-hydrogen) atoms. The number of nitrogens with one attached hydrogen (secondary N) is 5. The second-order valence-corrected chi connectivity index (χ2v) is 30.5. The lowest BCUT2D eigenvalue weighted by Crippen LogP contribution is -2.54. The van der Waals surface area contributed by atoms with Crippen LogP contribution in [0.4, 0.5) is 29.7 Å². The second kappa shape index (κ2) is 23.1. The summed E-state index contributed by atoms with van der Waals surface area (Å²) in [4.78, 5) is 58.9. The number of hydrogen-bond acceptors (Lipinski definition) is 13. The van der Waals surface area contributed by atoms with Gasteiger partial charge in [-0.15, -0.1) is 0 Å². The molecule has 9 N–H and O–H groups in total. The number of benzene rings is 2. The summed E-state index contributed by atoms with van der Waals surface area (Å²) in [6.45, 7) is 11.8. The van der Waals surface area contributed by atoms with Crippen LogP contribution in [-0.4, -0.2) is 160 Å². The molecule has 0 radical (unpaired) electrons. The third-order valence-electron chi connectivity index (χ3n) is 18.4. The smallest absolute Gasteiger partial charge is 0.317 e. The number of carbonyl (C=O) groups excluding carboxylic acids is 4. The molecule has 0 spiro atoms. The minimum atomic E-state index is -3.74. The van der Waals surface area contributed by atoms with E-state index in [9.17, 15) is 36.0 Å². The lowest BCUT2D eigenvalue weighted by atomic mass is 9.89. The van der Waals surface area contributed by atoms with Crippen molar-refractivity contribution in [1.29, 1.82) is 0 Å². The Hall–Kier alpha value is -6.28. The average Bonchev–Trinajstić information content (AvgIpc) is 1.81. The van der Waals surface area contributed by atoms with E-state index in [1.54, 1.807) is 16.7 Å². The minimum absolute atomic E-state index is 0.0155. The van der Waals surface area contributed by atoms with Gasteiger partial charge in [0.15, 0.2) is 19.7 Å². The number of amides is 6. The lowest BCUT2D eigenvalue weighted by Gasteiger charge is -2.38. The number of hydrogen-bond donors (Lipinski definition) is 7. The summed E-state index contributed by atoms with van der Waals surface area (Å²) in [7, 11) is -3.52. The molecule has 1 saturated heterocycles. The van der Waals surface area contributed by atoms with E-state index in [-0.39, 0.29) is 94.3 Å². The van der Waals surface area contributed by atoms with E-state index in [1.165, 1.54) is 12.1 Å². The van der Waals surface area contributed by atoms with E-state index in [0.717, 1.165) is 11.3 Å². The molecule has 1 unspecified atom stereocenters. The van der Waals surface area contributed by atoms with Crippen molar-refractivity contribution in [3.63, 3.8) is 0 Å². The third kappa shape index (κ3) is 12.3. The minimum Gasteiger partial charge on any atom is -0.382 e. The SMILES string of the molecule is CN(C)CCNC(=O)NC1CCC(Nc2cc(-n3c4c(c5c3C(CN3CCN(C(=O)NC6CCC(Nc7cc(-n8c9c(c%10c8CC(C)(C)CS%10(=O)=O)COC9)cc(F)c7C(N)=O)CC6)CC3)CC5)S(=O)(=O)CC(C)(C)C4)cc(F)c2C(N)=O)CC1. The molecular formula is C60H82F2N12O9S2. The zero-order chi connectivity index (χ0) is 60.7. The van der Waals surface area contributed by atoms with E-state index in [4.69, 9.17) is 16.2 Å². The van der Waals surface area contributed by atoms with E-state index in [1.807, 2.05) is 56.2 Å². The second-order valence-electron chi connectivity index (χ2n) is 26.7. The highest BCUT2D eigenvalue weighted by Crippen LogP contribution is 2.49. The number of urea groups is 2. The van der Waals surface area contributed by atoms with Gasteiger partial charge in [-0.1, -0.05) is 27.7 Å². The standard InChI is InChI=1S/C60H82F2N12O9S2/c1-59(2)27-47-54(85(81,82)33-59)42-30-83-31-49(42)73(47)39-23-43(61)50(55(63)75)45(25-39)66-36-10-14-38(15-11-36)69-58(78)72-21-19-71(20-22-72)29-34-7-16-41-52(34)74(48-28-60(3,4)32-84(79,80)53(41)48)40-24-44(62)51(56(64)76)46(26-40)67-35-8-12-37(13-9-35)68-57(77)65-17-18-70(5)6/h23-26,34-38,66-67H,7-22,27-33H2,1-6H3,(H2,63,75)(H2,64,76)(H,69,78)(H2,65,68,77). The number of aromatic nitrogens is 2. The molecule has 6 heterocycles. The summed E-state index contributed by atoms with van der Waals surface area (Å²) in [5.41, 5.74) is 15.1. The van der Waals surface area contributed by atoms with Crippen LogP contribution in [0.25, 0.3) is 11.4 Å². The number of fused-ring (bicyclic) bond motifs is 6. The molecule has 11 rings (SSSR count). The number of likely N-dealkylation sites (N-methyl/N-ethyl adjacent to an activating group) is 1. The molecule has 2 aromatic heterocycles. The summed E-state index contributed by atoms with van der Waals surface area (Å²) in [5, 5.41) is 16.0. The van der Waals surface area contributed by atoms with Crippen LogP contribution >= 0.6 is 0 Å². The summed E-state index contributed by atoms with van der Waals surface area (Å²) in [5.74, 6) is -3.66. The van der Waals surface area contributed by atoms with Crippen molar-refractivity contribution >= 4 is 54.9 Å². The first kappa shape index (κ1) is 60.4. The molecule has 4 aliphatic heterocycles. The first-order valence-electron chi connectivity index (χ1n) is 30.0. The van der Waals surface area contributed by atoms with Gasteiger partial charge in [0.1, 0.15) is 11.6 Å².